The van der Waals surface area contributed by atoms with Gasteiger partial charge in [0.25, 0.3) is 0 Å². The number of rotatable bonds is 4. The monoisotopic (exact) mass is 204 g/mol. The third-order valence-electron chi connectivity index (χ3n) is 1.81. The van der Waals surface area contributed by atoms with E-state index in [2.05, 4.69) is 0 Å². The Bertz CT molecular complexity index is 365. The maximum atomic E-state index is 10.5. The maximum Gasteiger partial charge on any atom is 0.145 e. The molecule has 0 aromatic heterocycles. The predicted molar refractivity (Wildman–Crippen MR) is 61.9 cm³/mol. The molecular formula is C13H16O2. The second kappa shape index (κ2) is 5.35. The summed E-state index contributed by atoms with van der Waals surface area (Å²) in [5.41, 5.74) is 1.69. The Kier molecular flexibility index (Phi) is 4.10. The first-order valence-electron chi connectivity index (χ1n) is 5.02. The quantitative estimate of drug-likeness (QED) is 0.556. The minimum absolute atomic E-state index is 0.163. The van der Waals surface area contributed by atoms with Gasteiger partial charge in [0, 0.05) is 0 Å². The van der Waals surface area contributed by atoms with Gasteiger partial charge < -0.3 is 4.74 Å². The molecule has 0 atom stereocenters. The van der Waals surface area contributed by atoms with E-state index >= 15 is 0 Å². The van der Waals surface area contributed by atoms with Crippen LogP contribution in [0.3, 0.4) is 0 Å². The number of hydrogen-bond acceptors (Lipinski definition) is 2. The number of hydrogen-bond donors (Lipinski definition) is 0. The second-order valence-electron chi connectivity index (χ2n) is 3.75. The van der Waals surface area contributed by atoms with Crippen molar-refractivity contribution in [1.29, 1.82) is 0 Å². The van der Waals surface area contributed by atoms with E-state index < -0.39 is 0 Å². The van der Waals surface area contributed by atoms with Crippen LogP contribution >= 0.6 is 0 Å². The summed E-state index contributed by atoms with van der Waals surface area (Å²) in [6, 6.07) is 7.70. The Morgan fingerprint density at radius 3 is 2.73 bits per heavy atom. The molecule has 0 N–H and O–H groups in total. The predicted octanol–water partition coefficient (Wildman–Crippen LogP) is 3.08. The SMILES string of the molecule is CC(C=O)=Cc1cccc(OC(C)C)c1. The van der Waals surface area contributed by atoms with Gasteiger partial charge in [-0.1, -0.05) is 12.1 Å². The Morgan fingerprint density at radius 1 is 1.40 bits per heavy atom. The van der Waals surface area contributed by atoms with Crippen LogP contribution in [0.1, 0.15) is 26.3 Å². The van der Waals surface area contributed by atoms with Crippen molar-refractivity contribution in [3.63, 3.8) is 0 Å². The molecule has 0 aliphatic carbocycles. The van der Waals surface area contributed by atoms with Crippen LogP contribution in [0.5, 0.6) is 5.75 Å². The number of carbonyl (C=O) groups is 1. The summed E-state index contributed by atoms with van der Waals surface area (Å²) in [6.45, 7) is 5.75. The molecule has 0 unspecified atom stereocenters. The fraction of sp³-hybridized carbons (Fsp3) is 0.308. The minimum atomic E-state index is 0.163. The molecule has 1 aromatic rings. The van der Waals surface area contributed by atoms with Crippen LogP contribution in [0, 0.1) is 0 Å². The zero-order valence-corrected chi connectivity index (χ0v) is 9.36. The molecule has 1 aromatic carbocycles. The standard InChI is InChI=1S/C13H16O2/c1-10(2)15-13-6-4-5-12(8-13)7-11(3)9-14/h4-10H,1-3H3. The van der Waals surface area contributed by atoms with Crippen molar-refractivity contribution in [2.45, 2.75) is 26.9 Å². The second-order valence-corrected chi connectivity index (χ2v) is 3.75. The van der Waals surface area contributed by atoms with Crippen molar-refractivity contribution < 1.29 is 9.53 Å². The Balaban J connectivity index is 2.87. The number of allylic oxidation sites excluding steroid dienone is 1. The van der Waals surface area contributed by atoms with Crippen molar-refractivity contribution in [1.82, 2.24) is 0 Å². The summed E-state index contributed by atoms with van der Waals surface area (Å²) in [6.07, 6.45) is 2.84. The summed E-state index contributed by atoms with van der Waals surface area (Å²) in [7, 11) is 0. The molecule has 0 fully saturated rings. The van der Waals surface area contributed by atoms with E-state index in [0.29, 0.717) is 5.57 Å². The summed E-state index contributed by atoms with van der Waals surface area (Å²) in [5.74, 6) is 0.831. The first kappa shape index (κ1) is 11.5. The molecule has 80 valence electrons. The molecule has 0 amide bonds. The number of aldehydes is 1. The molecule has 0 aliphatic heterocycles. The van der Waals surface area contributed by atoms with Crippen LogP contribution < -0.4 is 4.74 Å². The molecule has 0 spiro atoms. The van der Waals surface area contributed by atoms with E-state index in [1.54, 1.807) is 6.92 Å². The van der Waals surface area contributed by atoms with Crippen LogP contribution in [0.15, 0.2) is 29.8 Å². The van der Waals surface area contributed by atoms with Gasteiger partial charge in [0.1, 0.15) is 12.0 Å². The van der Waals surface area contributed by atoms with Gasteiger partial charge in [-0.2, -0.15) is 0 Å². The molecule has 2 nitrogen and oxygen atoms in total. The average Bonchev–Trinajstić information content (AvgIpc) is 2.17. The Hall–Kier alpha value is -1.57. The van der Waals surface area contributed by atoms with Gasteiger partial charge >= 0.3 is 0 Å². The van der Waals surface area contributed by atoms with Crippen LogP contribution in [0.4, 0.5) is 0 Å². The summed E-state index contributed by atoms with van der Waals surface area (Å²) < 4.78 is 5.55. The third-order valence-corrected chi connectivity index (χ3v) is 1.81. The summed E-state index contributed by atoms with van der Waals surface area (Å²) in [5, 5.41) is 0. The lowest BCUT2D eigenvalue weighted by molar-refractivity contribution is -0.104. The van der Waals surface area contributed by atoms with Crippen molar-refractivity contribution >= 4 is 12.4 Å². The highest BCUT2D eigenvalue weighted by Gasteiger charge is 1.98. The molecule has 0 radical (unpaired) electrons. The van der Waals surface area contributed by atoms with Crippen LogP contribution in [0.25, 0.3) is 6.08 Å². The molecule has 0 saturated carbocycles. The molecule has 0 heterocycles. The van der Waals surface area contributed by atoms with Gasteiger partial charge in [0.05, 0.1) is 6.10 Å². The average molecular weight is 204 g/mol. The highest BCUT2D eigenvalue weighted by molar-refractivity contribution is 5.80. The molecule has 1 rings (SSSR count). The lowest BCUT2D eigenvalue weighted by Gasteiger charge is -2.09. The first-order valence-corrected chi connectivity index (χ1v) is 5.02. The Morgan fingerprint density at radius 2 is 2.13 bits per heavy atom. The fourth-order valence-corrected chi connectivity index (χ4v) is 1.25. The molecule has 0 aliphatic rings. The third kappa shape index (κ3) is 3.98. The van der Waals surface area contributed by atoms with Gasteiger partial charge in [-0.3, -0.25) is 4.79 Å². The van der Waals surface area contributed by atoms with E-state index in [-0.39, 0.29) is 6.10 Å². The lowest BCUT2D eigenvalue weighted by atomic mass is 10.1. The van der Waals surface area contributed by atoms with Crippen molar-refractivity contribution in [3.8, 4) is 5.75 Å². The van der Waals surface area contributed by atoms with Gasteiger partial charge in [-0.15, -0.1) is 0 Å². The molecule has 0 bridgehead atoms. The van der Waals surface area contributed by atoms with Crippen LogP contribution in [0.2, 0.25) is 0 Å². The van der Waals surface area contributed by atoms with Gasteiger partial charge in [0.2, 0.25) is 0 Å². The molecular weight excluding hydrogens is 188 g/mol. The van der Waals surface area contributed by atoms with Crippen LogP contribution in [-0.2, 0) is 4.79 Å². The minimum Gasteiger partial charge on any atom is -0.491 e. The highest BCUT2D eigenvalue weighted by Crippen LogP contribution is 2.16. The Labute approximate surface area is 90.6 Å². The normalized spacial score (nSPS) is 11.6. The number of ether oxygens (including phenoxy) is 1. The zero-order chi connectivity index (χ0) is 11.3. The van der Waals surface area contributed by atoms with Crippen molar-refractivity contribution in [2.24, 2.45) is 0 Å². The van der Waals surface area contributed by atoms with E-state index in [4.69, 9.17) is 4.74 Å². The number of carbonyl (C=O) groups excluding carboxylic acids is 1. The maximum absolute atomic E-state index is 10.5. The summed E-state index contributed by atoms with van der Waals surface area (Å²) in [4.78, 5) is 10.5. The van der Waals surface area contributed by atoms with Gasteiger partial charge in [-0.25, -0.2) is 0 Å². The smallest absolute Gasteiger partial charge is 0.145 e. The topological polar surface area (TPSA) is 26.3 Å². The fourth-order valence-electron chi connectivity index (χ4n) is 1.25. The zero-order valence-electron chi connectivity index (χ0n) is 9.36. The number of benzene rings is 1. The van der Waals surface area contributed by atoms with E-state index in [9.17, 15) is 4.79 Å². The van der Waals surface area contributed by atoms with Gasteiger partial charge in [0.15, 0.2) is 0 Å². The highest BCUT2D eigenvalue weighted by atomic mass is 16.5. The van der Waals surface area contributed by atoms with Crippen molar-refractivity contribution in [2.75, 3.05) is 0 Å². The molecule has 0 saturated heterocycles. The van der Waals surface area contributed by atoms with Crippen LogP contribution in [-0.4, -0.2) is 12.4 Å². The summed E-state index contributed by atoms with van der Waals surface area (Å²) >= 11 is 0. The van der Waals surface area contributed by atoms with E-state index in [1.165, 1.54) is 0 Å². The van der Waals surface area contributed by atoms with E-state index in [1.807, 2.05) is 44.2 Å². The molecule has 15 heavy (non-hydrogen) atoms. The van der Waals surface area contributed by atoms with Crippen molar-refractivity contribution in [3.05, 3.63) is 35.4 Å². The van der Waals surface area contributed by atoms with E-state index in [0.717, 1.165) is 17.6 Å². The largest absolute Gasteiger partial charge is 0.491 e. The van der Waals surface area contributed by atoms with Gasteiger partial charge in [-0.05, 0) is 50.1 Å². The molecule has 2 heteroatoms. The first-order chi connectivity index (χ1) is 7.11. The lowest BCUT2D eigenvalue weighted by Crippen LogP contribution is -2.05.